The van der Waals surface area contributed by atoms with Crippen molar-refractivity contribution < 1.29 is 17.9 Å². The van der Waals surface area contributed by atoms with E-state index < -0.39 is 15.9 Å². The van der Waals surface area contributed by atoms with E-state index in [0.29, 0.717) is 23.1 Å². The maximum absolute atomic E-state index is 13.3. The van der Waals surface area contributed by atoms with Crippen LogP contribution in [0.1, 0.15) is 37.2 Å². The number of carbonyl (C=O) groups excluding carboxylic acids is 1. The Morgan fingerprint density at radius 2 is 1.88 bits per heavy atom. The summed E-state index contributed by atoms with van der Waals surface area (Å²) in [5, 5.41) is 7.85. The smallest absolute Gasteiger partial charge is 0.276 e. The van der Waals surface area contributed by atoms with Crippen LogP contribution in [0.3, 0.4) is 0 Å². The lowest BCUT2D eigenvalue weighted by Crippen LogP contribution is -2.29. The highest BCUT2D eigenvalue weighted by Gasteiger charge is 2.28. The molecular formula is C23H26N4O5S. The van der Waals surface area contributed by atoms with Crippen LogP contribution in [0.5, 0.6) is 5.75 Å². The van der Waals surface area contributed by atoms with Gasteiger partial charge in [-0.3, -0.25) is 9.59 Å². The van der Waals surface area contributed by atoms with Crippen molar-refractivity contribution in [3.8, 4) is 5.75 Å². The van der Waals surface area contributed by atoms with Gasteiger partial charge in [0.1, 0.15) is 5.75 Å². The van der Waals surface area contributed by atoms with Crippen molar-refractivity contribution >= 4 is 32.4 Å². The van der Waals surface area contributed by atoms with Crippen molar-refractivity contribution in [3.63, 3.8) is 0 Å². The van der Waals surface area contributed by atoms with Gasteiger partial charge in [0, 0.05) is 18.0 Å². The van der Waals surface area contributed by atoms with Gasteiger partial charge in [-0.2, -0.15) is 5.10 Å². The standard InChI is InChI=1S/C23H26N4O5S/c1-14(2)13-27-23(29)18-7-5-4-6-17(18)21(25-27)22(28)24-19-12-16(10-11-20(19)32-3)33(30,31)26-15-8-9-15/h4-7,10-12,14-15,26H,8-9,13H2,1-3H3,(H,24,28). The van der Waals surface area contributed by atoms with E-state index in [-0.39, 0.29) is 33.8 Å². The third-order valence-corrected chi connectivity index (χ3v) is 6.77. The topological polar surface area (TPSA) is 119 Å². The second kappa shape index (κ2) is 8.95. The summed E-state index contributed by atoms with van der Waals surface area (Å²) >= 11 is 0. The zero-order valence-corrected chi connectivity index (χ0v) is 19.5. The molecule has 1 fully saturated rings. The highest BCUT2D eigenvalue weighted by molar-refractivity contribution is 7.89. The fourth-order valence-corrected chi connectivity index (χ4v) is 4.83. The van der Waals surface area contributed by atoms with Crippen LogP contribution in [0.2, 0.25) is 0 Å². The first kappa shape index (κ1) is 22.9. The van der Waals surface area contributed by atoms with Gasteiger partial charge in [0.25, 0.3) is 11.5 Å². The molecule has 1 saturated carbocycles. The van der Waals surface area contributed by atoms with Crippen molar-refractivity contribution in [2.75, 3.05) is 12.4 Å². The van der Waals surface area contributed by atoms with E-state index in [1.54, 1.807) is 24.3 Å². The molecule has 3 aromatic rings. The number of hydrogen-bond acceptors (Lipinski definition) is 6. The molecule has 10 heteroatoms. The summed E-state index contributed by atoms with van der Waals surface area (Å²) in [6.45, 7) is 4.26. The molecule has 0 atom stereocenters. The number of nitrogens with one attached hydrogen (secondary N) is 2. The molecule has 33 heavy (non-hydrogen) atoms. The second-order valence-corrected chi connectivity index (χ2v) is 10.2. The summed E-state index contributed by atoms with van der Waals surface area (Å²) in [6.07, 6.45) is 1.62. The molecule has 2 aromatic carbocycles. The molecule has 0 bridgehead atoms. The first-order valence-corrected chi connectivity index (χ1v) is 12.2. The van der Waals surface area contributed by atoms with Crippen LogP contribution in [-0.4, -0.2) is 37.3 Å². The number of rotatable bonds is 8. The first-order chi connectivity index (χ1) is 15.7. The molecule has 1 aliphatic rings. The van der Waals surface area contributed by atoms with E-state index in [2.05, 4.69) is 15.1 Å². The van der Waals surface area contributed by atoms with Crippen molar-refractivity contribution in [2.45, 2.75) is 44.2 Å². The molecule has 9 nitrogen and oxygen atoms in total. The minimum absolute atomic E-state index is 0.0214. The Hall–Kier alpha value is -3.24. The highest BCUT2D eigenvalue weighted by atomic mass is 32.2. The highest BCUT2D eigenvalue weighted by Crippen LogP contribution is 2.30. The van der Waals surface area contributed by atoms with Crippen LogP contribution in [0.15, 0.2) is 52.2 Å². The Bertz CT molecular complexity index is 1380. The Balaban J connectivity index is 1.74. The number of amides is 1. The number of methoxy groups -OCH3 is 1. The van der Waals surface area contributed by atoms with Crippen molar-refractivity contribution in [2.24, 2.45) is 5.92 Å². The quantitative estimate of drug-likeness (QED) is 0.522. The summed E-state index contributed by atoms with van der Waals surface area (Å²) in [6, 6.07) is 11.0. The lowest BCUT2D eigenvalue weighted by Gasteiger charge is -2.15. The largest absolute Gasteiger partial charge is 0.495 e. The predicted octanol–water partition coefficient (Wildman–Crippen LogP) is 2.75. The van der Waals surface area contributed by atoms with E-state index in [0.717, 1.165) is 12.8 Å². The van der Waals surface area contributed by atoms with E-state index in [4.69, 9.17) is 4.74 Å². The molecule has 1 amide bonds. The number of hydrogen-bond donors (Lipinski definition) is 2. The van der Waals surface area contributed by atoms with Crippen LogP contribution in [-0.2, 0) is 16.6 Å². The third kappa shape index (κ3) is 4.91. The Morgan fingerprint density at radius 1 is 1.18 bits per heavy atom. The number of benzene rings is 2. The average molecular weight is 471 g/mol. The van der Waals surface area contributed by atoms with Crippen molar-refractivity contribution in [1.82, 2.24) is 14.5 Å². The summed E-state index contributed by atoms with van der Waals surface area (Å²) in [7, 11) is -2.29. The van der Waals surface area contributed by atoms with E-state index in [9.17, 15) is 18.0 Å². The van der Waals surface area contributed by atoms with Crippen molar-refractivity contribution in [1.29, 1.82) is 0 Å². The van der Waals surface area contributed by atoms with E-state index >= 15 is 0 Å². The van der Waals surface area contributed by atoms with Gasteiger partial charge in [-0.25, -0.2) is 17.8 Å². The zero-order chi connectivity index (χ0) is 23.8. The molecule has 0 saturated heterocycles. The number of ether oxygens (including phenoxy) is 1. The average Bonchev–Trinajstić information content (AvgIpc) is 3.58. The normalized spacial score (nSPS) is 13.9. The molecule has 1 aliphatic carbocycles. The Kier molecular flexibility index (Phi) is 6.22. The SMILES string of the molecule is COc1ccc(S(=O)(=O)NC2CC2)cc1NC(=O)c1nn(CC(C)C)c(=O)c2ccccc12. The summed E-state index contributed by atoms with van der Waals surface area (Å²) in [5.41, 5.74) is -0.0152. The van der Waals surface area contributed by atoms with Gasteiger partial charge in [-0.05, 0) is 43.0 Å². The number of carbonyl (C=O) groups is 1. The molecule has 1 aromatic heterocycles. The van der Waals surface area contributed by atoms with Gasteiger partial charge in [-0.15, -0.1) is 0 Å². The Labute approximate surface area is 191 Å². The van der Waals surface area contributed by atoms with Gasteiger partial charge >= 0.3 is 0 Å². The summed E-state index contributed by atoms with van der Waals surface area (Å²) in [4.78, 5) is 26.1. The molecule has 0 spiro atoms. The van der Waals surface area contributed by atoms with Crippen LogP contribution >= 0.6 is 0 Å². The fourth-order valence-electron chi connectivity index (χ4n) is 3.49. The van der Waals surface area contributed by atoms with E-state index in [1.807, 2.05) is 13.8 Å². The van der Waals surface area contributed by atoms with Crippen LogP contribution in [0, 0.1) is 5.92 Å². The number of anilines is 1. The molecule has 4 rings (SSSR count). The molecule has 0 aliphatic heterocycles. The maximum Gasteiger partial charge on any atom is 0.276 e. The Morgan fingerprint density at radius 3 is 2.52 bits per heavy atom. The number of fused-ring (bicyclic) bond motifs is 1. The minimum atomic E-state index is -3.72. The van der Waals surface area contributed by atoms with Gasteiger partial charge in [0.05, 0.1) is 23.1 Å². The summed E-state index contributed by atoms with van der Waals surface area (Å²) < 4.78 is 34.5. The lowest BCUT2D eigenvalue weighted by molar-refractivity contribution is 0.102. The predicted molar refractivity (Wildman–Crippen MR) is 125 cm³/mol. The number of nitrogens with zero attached hydrogens (tertiary/aromatic N) is 2. The maximum atomic E-state index is 13.3. The minimum Gasteiger partial charge on any atom is -0.495 e. The molecule has 1 heterocycles. The van der Waals surface area contributed by atoms with Gasteiger partial charge in [-0.1, -0.05) is 32.0 Å². The fraction of sp³-hybridized carbons (Fsp3) is 0.348. The number of sulfonamides is 1. The first-order valence-electron chi connectivity index (χ1n) is 10.7. The van der Waals surface area contributed by atoms with Crippen molar-refractivity contribution in [3.05, 3.63) is 58.5 Å². The van der Waals surface area contributed by atoms with Gasteiger partial charge in [0.15, 0.2) is 5.69 Å². The molecule has 2 N–H and O–H groups in total. The number of aromatic nitrogens is 2. The second-order valence-electron chi connectivity index (χ2n) is 8.49. The van der Waals surface area contributed by atoms with Crippen LogP contribution in [0.4, 0.5) is 5.69 Å². The van der Waals surface area contributed by atoms with Crippen LogP contribution in [0.25, 0.3) is 10.8 Å². The monoisotopic (exact) mass is 470 g/mol. The van der Waals surface area contributed by atoms with Crippen LogP contribution < -0.4 is 20.3 Å². The molecule has 0 unspecified atom stereocenters. The zero-order valence-electron chi connectivity index (χ0n) is 18.7. The molecule has 0 radical (unpaired) electrons. The van der Waals surface area contributed by atoms with E-state index in [1.165, 1.54) is 30.0 Å². The van der Waals surface area contributed by atoms with Gasteiger partial charge in [0.2, 0.25) is 10.0 Å². The van der Waals surface area contributed by atoms with Gasteiger partial charge < -0.3 is 10.1 Å². The third-order valence-electron chi connectivity index (χ3n) is 5.25. The molecule has 174 valence electrons. The molecular weight excluding hydrogens is 444 g/mol. The summed E-state index contributed by atoms with van der Waals surface area (Å²) in [5.74, 6) is -0.131. The lowest BCUT2D eigenvalue weighted by atomic mass is 10.1.